The van der Waals surface area contributed by atoms with E-state index in [-0.39, 0.29) is 35.6 Å². The van der Waals surface area contributed by atoms with Crippen LogP contribution in [0.15, 0.2) is 86.0 Å². The molecule has 8 N–H and O–H groups in total. The van der Waals surface area contributed by atoms with Crippen LogP contribution in [0.1, 0.15) is 84.6 Å². The summed E-state index contributed by atoms with van der Waals surface area (Å²) in [4.78, 5) is 44.2. The molecule has 14 heteroatoms. The van der Waals surface area contributed by atoms with Gasteiger partial charge in [-0.2, -0.15) is 0 Å². The van der Waals surface area contributed by atoms with Gasteiger partial charge in [-0.25, -0.2) is 9.97 Å². The molecule has 0 saturated heterocycles. The molecule has 12 nitrogen and oxygen atoms in total. The van der Waals surface area contributed by atoms with Crippen molar-refractivity contribution in [3.05, 3.63) is 131 Å². The minimum atomic E-state index is -1.66. The number of aromatic amines is 2. The van der Waals surface area contributed by atoms with E-state index >= 15 is 0 Å². The van der Waals surface area contributed by atoms with Gasteiger partial charge >= 0.3 is 14.2 Å². The zero-order valence-electron chi connectivity index (χ0n) is 34.0. The largest absolute Gasteiger partial charge is 0.488 e. The Morgan fingerprint density at radius 1 is 0.600 bits per heavy atom. The van der Waals surface area contributed by atoms with Gasteiger partial charge in [-0.3, -0.25) is 9.59 Å². The van der Waals surface area contributed by atoms with Crippen molar-refractivity contribution >= 4 is 105 Å². The number of allylic oxidation sites excluding steroid dienone is 4. The van der Waals surface area contributed by atoms with E-state index in [2.05, 4.69) is 39.8 Å². The number of hydrogen-bond acceptors (Lipinski definition) is 8. The van der Waals surface area contributed by atoms with Crippen molar-refractivity contribution in [1.82, 2.24) is 19.9 Å². The van der Waals surface area contributed by atoms with Crippen LogP contribution >= 0.6 is 0 Å². The lowest BCUT2D eigenvalue weighted by molar-refractivity contribution is -0.116. The highest BCUT2D eigenvalue weighted by molar-refractivity contribution is 6.59. The summed E-state index contributed by atoms with van der Waals surface area (Å²) in [6.07, 6.45) is 4.59. The second-order valence-electron chi connectivity index (χ2n) is 15.0. The van der Waals surface area contributed by atoms with Crippen molar-refractivity contribution < 1.29 is 29.7 Å². The molecule has 60 heavy (non-hydrogen) atoms. The molecular weight excluding hydrogens is 754 g/mol. The second kappa shape index (κ2) is 17.3. The number of anilines is 2. The first-order valence-corrected chi connectivity index (χ1v) is 19.7. The van der Waals surface area contributed by atoms with Crippen molar-refractivity contribution in [3.8, 4) is 0 Å². The van der Waals surface area contributed by atoms with Gasteiger partial charge in [0, 0.05) is 57.4 Å². The number of fused-ring (bicyclic) bond motifs is 8. The van der Waals surface area contributed by atoms with Gasteiger partial charge in [0.25, 0.3) is 0 Å². The fourth-order valence-electron chi connectivity index (χ4n) is 7.78. The van der Waals surface area contributed by atoms with E-state index in [1.54, 1.807) is 36.4 Å². The number of nitrogens with one attached hydrogen (secondary N) is 4. The summed E-state index contributed by atoms with van der Waals surface area (Å²) in [5.74, 6) is -0.511. The smallest absolute Gasteiger partial charge is 0.423 e. The van der Waals surface area contributed by atoms with Gasteiger partial charge in [-0.05, 0) is 133 Å². The van der Waals surface area contributed by atoms with Crippen molar-refractivity contribution in [2.24, 2.45) is 0 Å². The average Bonchev–Trinajstić information content (AvgIpc) is 3.88. The molecule has 7 rings (SSSR count). The number of carbonyl (C=O) groups excluding carboxylic acids is 2. The molecule has 0 aliphatic carbocycles. The molecule has 2 aliphatic heterocycles. The average molecular weight is 801 g/mol. The molecule has 0 atom stereocenters. The number of aryl methyl sites for hydroxylation is 2. The molecule has 5 heterocycles. The molecule has 0 radical (unpaired) electrons. The third-order valence-electron chi connectivity index (χ3n) is 11.2. The van der Waals surface area contributed by atoms with E-state index in [9.17, 15) is 29.7 Å². The third-order valence-corrected chi connectivity index (χ3v) is 11.2. The number of hydrogen-bond donors (Lipinski definition) is 8. The molecule has 0 saturated carbocycles. The maximum absolute atomic E-state index is 13.4. The molecule has 0 unspecified atom stereocenters. The molecular formula is C46H46B2N6O6. The van der Waals surface area contributed by atoms with Crippen LogP contribution in [-0.4, -0.2) is 66.1 Å². The lowest BCUT2D eigenvalue weighted by atomic mass is 9.80. The zero-order valence-corrected chi connectivity index (χ0v) is 34.0. The van der Waals surface area contributed by atoms with E-state index in [1.165, 1.54) is 12.1 Å². The van der Waals surface area contributed by atoms with Gasteiger partial charge in [0.15, 0.2) is 0 Å². The quantitative estimate of drug-likeness (QED) is 0.0676. The van der Waals surface area contributed by atoms with Crippen LogP contribution in [0.3, 0.4) is 0 Å². The van der Waals surface area contributed by atoms with Crippen molar-refractivity contribution in [3.63, 3.8) is 0 Å². The first-order chi connectivity index (χ1) is 28.7. The predicted octanol–water partition coefficient (Wildman–Crippen LogP) is 6.28. The monoisotopic (exact) mass is 800 g/mol. The van der Waals surface area contributed by atoms with Gasteiger partial charge in [0.05, 0.1) is 22.8 Å². The number of aromatic nitrogens is 4. The molecule has 8 bridgehead atoms. The number of H-pyrrole nitrogens is 2. The molecule has 2 aromatic carbocycles. The molecule has 3 aromatic heterocycles. The van der Waals surface area contributed by atoms with Crippen LogP contribution in [0.2, 0.25) is 0 Å². The number of carbonyl (C=O) groups is 2. The molecule has 302 valence electrons. The first kappa shape index (κ1) is 41.6. The van der Waals surface area contributed by atoms with Crippen molar-refractivity contribution in [1.29, 1.82) is 0 Å². The number of amides is 2. The summed E-state index contributed by atoms with van der Waals surface area (Å²) in [7, 11) is -3.33. The summed E-state index contributed by atoms with van der Waals surface area (Å²) in [6.45, 7) is 16.3. The molecule has 5 aromatic rings. The van der Waals surface area contributed by atoms with Gasteiger partial charge in [-0.15, -0.1) is 0 Å². The van der Waals surface area contributed by atoms with Gasteiger partial charge < -0.3 is 40.7 Å². The first-order valence-electron chi connectivity index (χ1n) is 19.7. The summed E-state index contributed by atoms with van der Waals surface area (Å²) < 4.78 is 0. The van der Waals surface area contributed by atoms with E-state index in [4.69, 9.17) is 9.97 Å². The Morgan fingerprint density at radius 3 is 1.45 bits per heavy atom. The van der Waals surface area contributed by atoms with Crippen molar-refractivity contribution in [2.45, 2.75) is 53.4 Å². The fourth-order valence-corrected chi connectivity index (χ4v) is 7.78. The Balaban J connectivity index is 1.34. The zero-order chi connectivity index (χ0) is 42.8. The Morgan fingerprint density at radius 2 is 1.02 bits per heavy atom. The van der Waals surface area contributed by atoms with Crippen molar-refractivity contribution in [2.75, 3.05) is 10.6 Å². The van der Waals surface area contributed by atoms with Crippen LogP contribution in [0.25, 0.3) is 56.5 Å². The van der Waals surface area contributed by atoms with Crippen LogP contribution in [-0.2, 0) is 9.59 Å². The Hall–Kier alpha value is -6.57. The summed E-state index contributed by atoms with van der Waals surface area (Å²) in [6, 6.07) is 20.8. The normalized spacial score (nSPS) is 12.4. The fraction of sp³-hybridized carbons (Fsp3) is 0.174. The number of nitrogens with zero attached hydrogens (tertiary/aromatic N) is 2. The van der Waals surface area contributed by atoms with Crippen LogP contribution in [0.4, 0.5) is 11.4 Å². The van der Waals surface area contributed by atoms with E-state index in [1.807, 2.05) is 58.0 Å². The van der Waals surface area contributed by atoms with Gasteiger partial charge in [-0.1, -0.05) is 49.6 Å². The highest BCUT2D eigenvalue weighted by Gasteiger charge is 2.23. The van der Waals surface area contributed by atoms with Gasteiger partial charge in [0.2, 0.25) is 11.8 Å². The molecule has 0 spiro atoms. The summed E-state index contributed by atoms with van der Waals surface area (Å²) >= 11 is 0. The Bertz CT molecular complexity index is 2820. The molecule has 2 aliphatic rings. The Labute approximate surface area is 348 Å². The highest BCUT2D eigenvalue weighted by atomic mass is 16.4. The van der Waals surface area contributed by atoms with E-state index < -0.39 is 14.2 Å². The third kappa shape index (κ3) is 8.59. The summed E-state index contributed by atoms with van der Waals surface area (Å²) in [5, 5.41) is 44.3. The highest BCUT2D eigenvalue weighted by Crippen LogP contribution is 2.38. The van der Waals surface area contributed by atoms with Crippen LogP contribution in [0, 0.1) is 13.8 Å². The Kier molecular flexibility index (Phi) is 12.0. The maximum atomic E-state index is 13.4. The minimum absolute atomic E-state index is 0.116. The number of rotatable bonds is 12. The lowest BCUT2D eigenvalue weighted by Gasteiger charge is -2.09. The van der Waals surface area contributed by atoms with Crippen LogP contribution in [0.5, 0.6) is 0 Å². The predicted molar refractivity (Wildman–Crippen MR) is 244 cm³/mol. The second-order valence-corrected chi connectivity index (χ2v) is 15.0. The van der Waals surface area contributed by atoms with E-state index in [0.29, 0.717) is 41.3 Å². The lowest BCUT2D eigenvalue weighted by Crippen LogP contribution is -2.30. The minimum Gasteiger partial charge on any atom is -0.423 e. The topological polar surface area (TPSA) is 196 Å². The SMILES string of the molecule is C=Cc1c(C)c2cc3[nH]c(cc4nc(cc5nc(cc1[nH]2)C(C)=C5CCC(=O)Nc1cccc(B(O)O)c1)C(CCC(=O)Nc1cccc(B(O)O)c1)=C4C)c(C)c3C=C. The maximum Gasteiger partial charge on any atom is 0.488 e. The van der Waals surface area contributed by atoms with E-state index in [0.717, 1.165) is 72.3 Å². The summed E-state index contributed by atoms with van der Waals surface area (Å²) in [5.41, 5.74) is 15.0. The van der Waals surface area contributed by atoms with Gasteiger partial charge in [0.1, 0.15) is 0 Å². The number of benzene rings is 2. The van der Waals surface area contributed by atoms with Crippen LogP contribution < -0.4 is 21.6 Å². The molecule has 2 amide bonds. The standard InChI is InChI=1S/C46H46B2N6O6/c1-7-33-25(3)37-21-38-27(5)35(15-17-45(55)49-31-13-9-11-29(19-31)47(57)58)43(53-38)24-44-36(16-18-46(56)50-32-14-10-12-30(20-32)48(59)60)28(6)40(54-44)23-42-34(8-2)26(4)39(52-42)22-41(33)51-37/h7-14,19-24,51-52,57-60H,1-2,15-18H2,3-6H3,(H,49,55)(H,50,56). The molecule has 0 fully saturated rings.